The van der Waals surface area contributed by atoms with E-state index in [0.717, 1.165) is 16.5 Å². The van der Waals surface area contributed by atoms with Gasteiger partial charge in [-0.25, -0.2) is 4.98 Å². The van der Waals surface area contributed by atoms with Crippen LogP contribution in [0.25, 0.3) is 10.8 Å². The summed E-state index contributed by atoms with van der Waals surface area (Å²) in [5.74, 6) is 1.32. The van der Waals surface area contributed by atoms with Gasteiger partial charge in [-0.2, -0.15) is 0 Å². The molecule has 1 aromatic carbocycles. The highest BCUT2D eigenvalue weighted by atomic mass is 35.5. The molecule has 0 aliphatic carbocycles. The SMILES string of the molecule is CCOc1cc2cc(OC)ccc2c(Cl)n1. The number of aromatic nitrogens is 1. The Bertz CT molecular complexity index is 514. The summed E-state index contributed by atoms with van der Waals surface area (Å²) in [5.41, 5.74) is 0. The van der Waals surface area contributed by atoms with Crippen molar-refractivity contribution in [2.45, 2.75) is 6.92 Å². The van der Waals surface area contributed by atoms with Crippen LogP contribution in [0.15, 0.2) is 24.3 Å². The average molecular weight is 238 g/mol. The molecule has 3 nitrogen and oxygen atoms in total. The Morgan fingerprint density at radius 2 is 2.12 bits per heavy atom. The number of halogens is 1. The molecular weight excluding hydrogens is 226 g/mol. The van der Waals surface area contributed by atoms with Crippen LogP contribution in [0.5, 0.6) is 11.6 Å². The fourth-order valence-electron chi connectivity index (χ4n) is 1.52. The zero-order valence-electron chi connectivity index (χ0n) is 9.16. The molecule has 0 bridgehead atoms. The minimum Gasteiger partial charge on any atom is -0.497 e. The average Bonchev–Trinajstić information content (AvgIpc) is 2.28. The molecule has 0 aliphatic rings. The zero-order chi connectivity index (χ0) is 11.5. The molecule has 0 amide bonds. The molecule has 84 valence electrons. The third-order valence-corrected chi connectivity index (χ3v) is 2.55. The first-order chi connectivity index (χ1) is 7.74. The molecule has 0 saturated heterocycles. The number of pyridine rings is 1. The Morgan fingerprint density at radius 1 is 1.31 bits per heavy atom. The van der Waals surface area contributed by atoms with Gasteiger partial charge in [0.15, 0.2) is 0 Å². The fourth-order valence-corrected chi connectivity index (χ4v) is 1.77. The third-order valence-electron chi connectivity index (χ3n) is 2.26. The van der Waals surface area contributed by atoms with Crippen LogP contribution in [0, 0.1) is 0 Å². The van der Waals surface area contributed by atoms with Gasteiger partial charge in [-0.05, 0) is 30.5 Å². The number of hydrogen-bond donors (Lipinski definition) is 0. The molecular formula is C12H12ClNO2. The largest absolute Gasteiger partial charge is 0.497 e. The summed E-state index contributed by atoms with van der Waals surface area (Å²) in [6, 6.07) is 7.51. The van der Waals surface area contributed by atoms with Crippen molar-refractivity contribution in [1.82, 2.24) is 4.98 Å². The molecule has 1 heterocycles. The van der Waals surface area contributed by atoms with Crippen LogP contribution in [0.4, 0.5) is 0 Å². The van der Waals surface area contributed by atoms with E-state index in [9.17, 15) is 0 Å². The maximum absolute atomic E-state index is 6.06. The predicted octanol–water partition coefficient (Wildman–Crippen LogP) is 3.30. The number of nitrogens with zero attached hydrogens (tertiary/aromatic N) is 1. The molecule has 2 aromatic rings. The van der Waals surface area contributed by atoms with Gasteiger partial charge in [0.05, 0.1) is 13.7 Å². The van der Waals surface area contributed by atoms with Gasteiger partial charge in [-0.1, -0.05) is 11.6 Å². The lowest BCUT2D eigenvalue weighted by Gasteiger charge is -2.07. The molecule has 0 N–H and O–H groups in total. The molecule has 0 saturated carbocycles. The first-order valence-electron chi connectivity index (χ1n) is 5.01. The van der Waals surface area contributed by atoms with E-state index in [2.05, 4.69) is 4.98 Å². The molecule has 0 spiro atoms. The second-order valence-corrected chi connectivity index (χ2v) is 3.63. The van der Waals surface area contributed by atoms with Gasteiger partial charge in [0.25, 0.3) is 0 Å². The van der Waals surface area contributed by atoms with Crippen molar-refractivity contribution >= 4 is 22.4 Å². The normalized spacial score (nSPS) is 10.4. The summed E-state index contributed by atoms with van der Waals surface area (Å²) in [6.07, 6.45) is 0. The number of ether oxygens (including phenoxy) is 2. The lowest BCUT2D eigenvalue weighted by molar-refractivity contribution is 0.327. The summed E-state index contributed by atoms with van der Waals surface area (Å²) < 4.78 is 10.5. The summed E-state index contributed by atoms with van der Waals surface area (Å²) >= 11 is 6.06. The van der Waals surface area contributed by atoms with Gasteiger partial charge in [0.1, 0.15) is 10.9 Å². The van der Waals surface area contributed by atoms with E-state index >= 15 is 0 Å². The van der Waals surface area contributed by atoms with Crippen molar-refractivity contribution < 1.29 is 9.47 Å². The Hall–Kier alpha value is -1.48. The van der Waals surface area contributed by atoms with E-state index in [4.69, 9.17) is 21.1 Å². The lowest BCUT2D eigenvalue weighted by atomic mass is 10.2. The molecule has 0 unspecified atom stereocenters. The van der Waals surface area contributed by atoms with Crippen molar-refractivity contribution in [3.63, 3.8) is 0 Å². The highest BCUT2D eigenvalue weighted by molar-refractivity contribution is 6.34. The van der Waals surface area contributed by atoms with Crippen LogP contribution < -0.4 is 9.47 Å². The molecule has 2 rings (SSSR count). The lowest BCUT2D eigenvalue weighted by Crippen LogP contribution is -1.95. The fraction of sp³-hybridized carbons (Fsp3) is 0.250. The first-order valence-corrected chi connectivity index (χ1v) is 5.39. The second-order valence-electron chi connectivity index (χ2n) is 3.27. The van der Waals surface area contributed by atoms with Crippen molar-refractivity contribution in [1.29, 1.82) is 0 Å². The minimum absolute atomic E-state index is 0.448. The van der Waals surface area contributed by atoms with E-state index < -0.39 is 0 Å². The highest BCUT2D eigenvalue weighted by Gasteiger charge is 2.05. The van der Waals surface area contributed by atoms with Crippen molar-refractivity contribution in [2.75, 3.05) is 13.7 Å². The summed E-state index contributed by atoms with van der Waals surface area (Å²) in [5, 5.41) is 2.30. The van der Waals surface area contributed by atoms with Gasteiger partial charge in [0.2, 0.25) is 5.88 Å². The molecule has 1 aromatic heterocycles. The first kappa shape index (κ1) is 11.0. The van der Waals surface area contributed by atoms with Crippen molar-refractivity contribution in [3.05, 3.63) is 29.4 Å². The minimum atomic E-state index is 0.448. The second kappa shape index (κ2) is 4.58. The van der Waals surface area contributed by atoms with E-state index in [1.165, 1.54) is 0 Å². The van der Waals surface area contributed by atoms with E-state index in [1.807, 2.05) is 31.2 Å². The number of fused-ring (bicyclic) bond motifs is 1. The number of hydrogen-bond acceptors (Lipinski definition) is 3. The third kappa shape index (κ3) is 2.04. The monoisotopic (exact) mass is 237 g/mol. The van der Waals surface area contributed by atoms with E-state index in [-0.39, 0.29) is 0 Å². The maximum atomic E-state index is 6.06. The Balaban J connectivity index is 2.58. The molecule has 0 aliphatic heterocycles. The summed E-state index contributed by atoms with van der Waals surface area (Å²) in [4.78, 5) is 4.15. The molecule has 16 heavy (non-hydrogen) atoms. The van der Waals surface area contributed by atoms with Gasteiger partial charge >= 0.3 is 0 Å². The van der Waals surface area contributed by atoms with Crippen LogP contribution in [0.2, 0.25) is 5.15 Å². The molecule has 4 heteroatoms. The standard InChI is InChI=1S/C12H12ClNO2/c1-3-16-11-7-8-6-9(15-2)4-5-10(8)12(13)14-11/h4-7H,3H2,1-2H3. The molecule has 0 atom stereocenters. The quantitative estimate of drug-likeness (QED) is 0.768. The van der Waals surface area contributed by atoms with Gasteiger partial charge in [-0.3, -0.25) is 0 Å². The Kier molecular flexibility index (Phi) is 3.15. The topological polar surface area (TPSA) is 31.4 Å². The van der Waals surface area contributed by atoms with Crippen molar-refractivity contribution in [3.8, 4) is 11.6 Å². The van der Waals surface area contributed by atoms with Crippen LogP contribution in [-0.4, -0.2) is 18.7 Å². The maximum Gasteiger partial charge on any atom is 0.215 e. The van der Waals surface area contributed by atoms with Gasteiger partial charge < -0.3 is 9.47 Å². The zero-order valence-corrected chi connectivity index (χ0v) is 9.91. The highest BCUT2D eigenvalue weighted by Crippen LogP contribution is 2.28. The van der Waals surface area contributed by atoms with Crippen LogP contribution >= 0.6 is 11.6 Å². The number of benzene rings is 1. The van der Waals surface area contributed by atoms with Crippen LogP contribution in [0.1, 0.15) is 6.92 Å². The Morgan fingerprint density at radius 3 is 2.81 bits per heavy atom. The Labute approximate surface area is 99.0 Å². The van der Waals surface area contributed by atoms with E-state index in [0.29, 0.717) is 17.6 Å². The van der Waals surface area contributed by atoms with Gasteiger partial charge in [-0.15, -0.1) is 0 Å². The summed E-state index contributed by atoms with van der Waals surface area (Å²) in [7, 11) is 1.63. The number of methoxy groups -OCH3 is 1. The molecule has 0 radical (unpaired) electrons. The van der Waals surface area contributed by atoms with Crippen LogP contribution in [0.3, 0.4) is 0 Å². The van der Waals surface area contributed by atoms with E-state index in [1.54, 1.807) is 7.11 Å². The van der Waals surface area contributed by atoms with Gasteiger partial charge in [0, 0.05) is 11.5 Å². The molecule has 0 fully saturated rings. The van der Waals surface area contributed by atoms with Crippen LogP contribution in [-0.2, 0) is 0 Å². The predicted molar refractivity (Wildman–Crippen MR) is 64.5 cm³/mol. The smallest absolute Gasteiger partial charge is 0.215 e. The summed E-state index contributed by atoms with van der Waals surface area (Å²) in [6.45, 7) is 2.48. The number of rotatable bonds is 3. The van der Waals surface area contributed by atoms with Crippen molar-refractivity contribution in [2.24, 2.45) is 0 Å².